The van der Waals surface area contributed by atoms with Gasteiger partial charge in [-0.05, 0) is 6.07 Å². The number of ether oxygens (including phenoxy) is 1. The van der Waals surface area contributed by atoms with E-state index in [1.54, 1.807) is 0 Å². The van der Waals surface area contributed by atoms with Gasteiger partial charge in [-0.1, -0.05) is 0 Å². The molecule has 0 aromatic heterocycles. The third-order valence-corrected chi connectivity index (χ3v) is 2.27. The molecule has 0 radical (unpaired) electrons. The summed E-state index contributed by atoms with van der Waals surface area (Å²) in [5, 5.41) is 19.3. The van der Waals surface area contributed by atoms with Crippen molar-refractivity contribution in [3.63, 3.8) is 0 Å². The molecule has 80 valence electrons. The summed E-state index contributed by atoms with van der Waals surface area (Å²) in [6.45, 7) is 0. The Bertz CT molecular complexity index is 543. The van der Waals surface area contributed by atoms with Crippen molar-refractivity contribution in [3.8, 4) is 11.8 Å². The molecule has 1 heterocycles. The van der Waals surface area contributed by atoms with E-state index >= 15 is 0 Å². The Labute approximate surface area is 90.7 Å². The molecule has 2 rings (SSSR count). The van der Waals surface area contributed by atoms with Crippen molar-refractivity contribution >= 4 is 5.69 Å². The Balaban J connectivity index is 2.44. The van der Waals surface area contributed by atoms with E-state index in [1.807, 2.05) is 6.07 Å². The molecule has 0 saturated heterocycles. The van der Waals surface area contributed by atoms with Crippen molar-refractivity contribution in [2.75, 3.05) is 0 Å². The molecular weight excluding hydrogens is 210 g/mol. The summed E-state index contributed by atoms with van der Waals surface area (Å²) >= 11 is 0. The number of nitrogens with zero attached hydrogens (tertiary/aromatic N) is 2. The lowest BCUT2D eigenvalue weighted by atomic mass is 10.0. The van der Waals surface area contributed by atoms with Crippen LogP contribution in [0.4, 0.5) is 5.69 Å². The van der Waals surface area contributed by atoms with E-state index in [0.717, 1.165) is 0 Å². The Morgan fingerprint density at radius 1 is 1.56 bits per heavy atom. The fourth-order valence-corrected chi connectivity index (χ4v) is 1.47. The van der Waals surface area contributed by atoms with Crippen LogP contribution in [0.3, 0.4) is 0 Å². The van der Waals surface area contributed by atoms with Gasteiger partial charge in [-0.25, -0.2) is 0 Å². The topological polar surface area (TPSA) is 102 Å². The van der Waals surface area contributed by atoms with Crippen LogP contribution in [0.5, 0.6) is 5.75 Å². The monoisotopic (exact) mass is 217 g/mol. The molecule has 1 aromatic carbocycles. The van der Waals surface area contributed by atoms with Crippen LogP contribution in [0, 0.1) is 21.4 Å². The molecule has 1 aliphatic heterocycles. The van der Waals surface area contributed by atoms with E-state index in [0.29, 0.717) is 11.3 Å². The van der Waals surface area contributed by atoms with Gasteiger partial charge >= 0.3 is 0 Å². The van der Waals surface area contributed by atoms with Crippen LogP contribution in [-0.2, 0) is 6.42 Å². The molecular formula is C10H7N3O3. The van der Waals surface area contributed by atoms with Crippen LogP contribution in [-0.4, -0.2) is 4.92 Å². The van der Waals surface area contributed by atoms with E-state index in [9.17, 15) is 10.1 Å². The van der Waals surface area contributed by atoms with E-state index in [2.05, 4.69) is 0 Å². The Morgan fingerprint density at radius 2 is 2.31 bits per heavy atom. The molecule has 0 aliphatic carbocycles. The van der Waals surface area contributed by atoms with E-state index in [4.69, 9.17) is 15.7 Å². The number of nitriles is 1. The average Bonchev–Trinajstić information content (AvgIpc) is 2.27. The first-order valence-corrected chi connectivity index (χ1v) is 4.45. The maximum Gasteiger partial charge on any atom is 0.269 e. The lowest BCUT2D eigenvalue weighted by molar-refractivity contribution is -0.384. The fraction of sp³-hybridized carbons (Fsp3) is 0.100. The second kappa shape index (κ2) is 3.55. The Hall–Kier alpha value is -2.55. The molecule has 1 aliphatic rings. The van der Waals surface area contributed by atoms with Crippen LogP contribution in [0.2, 0.25) is 0 Å². The normalized spacial score (nSPS) is 13.7. The second-order valence-electron chi connectivity index (χ2n) is 3.28. The zero-order valence-corrected chi connectivity index (χ0v) is 8.14. The van der Waals surface area contributed by atoms with Crippen molar-refractivity contribution in [3.05, 3.63) is 45.3 Å². The van der Waals surface area contributed by atoms with Crippen molar-refractivity contribution < 1.29 is 9.66 Å². The number of allylic oxidation sites excluding steroid dienone is 1. The van der Waals surface area contributed by atoms with Crippen molar-refractivity contribution in [1.29, 1.82) is 5.26 Å². The molecule has 1 aromatic rings. The van der Waals surface area contributed by atoms with Crippen LogP contribution >= 0.6 is 0 Å². The SMILES string of the molecule is N#CC1=C(N)Oc2ccc([N+](=O)[O-])cc2C1. The molecule has 0 saturated carbocycles. The summed E-state index contributed by atoms with van der Waals surface area (Å²) in [6.07, 6.45) is 0.263. The summed E-state index contributed by atoms with van der Waals surface area (Å²) in [5.41, 5.74) is 6.36. The summed E-state index contributed by atoms with van der Waals surface area (Å²) in [5.74, 6) is 0.519. The lowest BCUT2D eigenvalue weighted by Gasteiger charge is -2.16. The van der Waals surface area contributed by atoms with E-state index < -0.39 is 4.92 Å². The van der Waals surface area contributed by atoms with Crippen LogP contribution in [0.15, 0.2) is 29.7 Å². The van der Waals surface area contributed by atoms with Gasteiger partial charge in [0, 0.05) is 24.1 Å². The molecule has 2 N–H and O–H groups in total. The fourth-order valence-electron chi connectivity index (χ4n) is 1.47. The van der Waals surface area contributed by atoms with Gasteiger partial charge in [-0.2, -0.15) is 5.26 Å². The quantitative estimate of drug-likeness (QED) is 0.562. The first-order chi connectivity index (χ1) is 7.61. The van der Waals surface area contributed by atoms with Gasteiger partial charge in [-0.15, -0.1) is 0 Å². The van der Waals surface area contributed by atoms with Gasteiger partial charge in [0.15, 0.2) is 0 Å². The molecule has 0 bridgehead atoms. The number of rotatable bonds is 1. The number of benzene rings is 1. The third-order valence-electron chi connectivity index (χ3n) is 2.27. The zero-order chi connectivity index (χ0) is 11.7. The molecule has 16 heavy (non-hydrogen) atoms. The summed E-state index contributed by atoms with van der Waals surface area (Å²) in [4.78, 5) is 10.1. The van der Waals surface area contributed by atoms with Crippen LogP contribution in [0.1, 0.15) is 5.56 Å². The molecule has 0 fully saturated rings. The van der Waals surface area contributed by atoms with Gasteiger partial charge in [0.25, 0.3) is 5.69 Å². The number of non-ortho nitro benzene ring substituents is 1. The van der Waals surface area contributed by atoms with Gasteiger partial charge in [0.05, 0.1) is 10.5 Å². The molecule has 0 unspecified atom stereocenters. The number of hydrogen-bond acceptors (Lipinski definition) is 5. The number of nitro groups is 1. The standard InChI is InChI=1S/C10H7N3O3/c11-5-7-3-6-4-8(13(14)15)1-2-9(6)16-10(7)12/h1-2,4H,3,12H2. The van der Waals surface area contributed by atoms with Crippen molar-refractivity contribution in [2.24, 2.45) is 5.73 Å². The van der Waals surface area contributed by atoms with Gasteiger partial charge in [-0.3, -0.25) is 10.1 Å². The summed E-state index contributed by atoms with van der Waals surface area (Å²) < 4.78 is 5.18. The van der Waals surface area contributed by atoms with Crippen molar-refractivity contribution in [2.45, 2.75) is 6.42 Å². The average molecular weight is 217 g/mol. The van der Waals surface area contributed by atoms with Gasteiger partial charge < -0.3 is 10.5 Å². The largest absolute Gasteiger partial charge is 0.440 e. The molecule has 0 spiro atoms. The predicted octanol–water partition coefficient (Wildman–Crippen LogP) is 1.22. The highest BCUT2D eigenvalue weighted by molar-refractivity contribution is 5.50. The predicted molar refractivity (Wildman–Crippen MR) is 54.3 cm³/mol. The third kappa shape index (κ3) is 1.54. The van der Waals surface area contributed by atoms with Gasteiger partial charge in [0.2, 0.25) is 5.88 Å². The highest BCUT2D eigenvalue weighted by Gasteiger charge is 2.20. The second-order valence-corrected chi connectivity index (χ2v) is 3.28. The summed E-state index contributed by atoms with van der Waals surface area (Å²) in [7, 11) is 0. The highest BCUT2D eigenvalue weighted by atomic mass is 16.6. The Kier molecular flexibility index (Phi) is 2.21. The number of fused-ring (bicyclic) bond motifs is 1. The maximum atomic E-state index is 10.6. The minimum Gasteiger partial charge on any atom is -0.440 e. The van der Waals surface area contributed by atoms with Crippen LogP contribution in [0.25, 0.3) is 0 Å². The minimum absolute atomic E-state index is 0.0277. The first-order valence-electron chi connectivity index (χ1n) is 4.45. The minimum atomic E-state index is -0.492. The van der Waals surface area contributed by atoms with E-state index in [-0.39, 0.29) is 23.6 Å². The number of nitrogens with two attached hydrogens (primary N) is 1. The zero-order valence-electron chi connectivity index (χ0n) is 8.14. The number of nitro benzene ring substituents is 1. The molecule has 0 amide bonds. The smallest absolute Gasteiger partial charge is 0.269 e. The highest BCUT2D eigenvalue weighted by Crippen LogP contribution is 2.31. The Morgan fingerprint density at radius 3 is 2.94 bits per heavy atom. The van der Waals surface area contributed by atoms with E-state index in [1.165, 1.54) is 18.2 Å². The van der Waals surface area contributed by atoms with Crippen molar-refractivity contribution in [1.82, 2.24) is 0 Å². The van der Waals surface area contributed by atoms with Crippen LogP contribution < -0.4 is 10.5 Å². The lowest BCUT2D eigenvalue weighted by Crippen LogP contribution is -2.16. The maximum absolute atomic E-state index is 10.6. The molecule has 6 nitrogen and oxygen atoms in total. The molecule has 0 atom stereocenters. The van der Waals surface area contributed by atoms with Gasteiger partial charge in [0.1, 0.15) is 11.8 Å². The summed E-state index contributed by atoms with van der Waals surface area (Å²) in [6, 6.07) is 6.11. The molecule has 6 heteroatoms. The first kappa shape index (κ1) is 9.98. The number of hydrogen-bond donors (Lipinski definition) is 1.